The lowest BCUT2D eigenvalue weighted by Gasteiger charge is -2.16. The Balaban J connectivity index is 1.78. The van der Waals surface area contributed by atoms with Gasteiger partial charge in [-0.2, -0.15) is 15.4 Å². The summed E-state index contributed by atoms with van der Waals surface area (Å²) in [6.45, 7) is 0.851. The van der Waals surface area contributed by atoms with Crippen molar-refractivity contribution in [1.82, 2.24) is 20.3 Å². The molecule has 0 saturated heterocycles. The smallest absolute Gasteiger partial charge is 0.275 e. The lowest BCUT2D eigenvalue weighted by Crippen LogP contribution is -2.31. The van der Waals surface area contributed by atoms with E-state index in [-0.39, 0.29) is 11.6 Å². The van der Waals surface area contributed by atoms with Gasteiger partial charge in [-0.05, 0) is 24.3 Å². The number of hydrogen-bond donors (Lipinski definition) is 1. The highest BCUT2D eigenvalue weighted by Gasteiger charge is 2.13. The summed E-state index contributed by atoms with van der Waals surface area (Å²) in [7, 11) is 3.30. The highest BCUT2D eigenvalue weighted by molar-refractivity contribution is 5.91. The standard InChI is InChI=1S/C13H16N4O3/c1-17(13(18)12-9-14-16-15-12)7-8-20-11-5-3-10(19-2)4-6-11/h3-6,9H,7-8H2,1-2H3,(H,14,15,16). The molecule has 0 spiro atoms. The molecule has 0 saturated carbocycles. The van der Waals surface area contributed by atoms with Gasteiger partial charge in [-0.15, -0.1) is 0 Å². The van der Waals surface area contributed by atoms with Crippen LogP contribution in [-0.4, -0.2) is 53.5 Å². The third kappa shape index (κ3) is 3.47. The molecule has 20 heavy (non-hydrogen) atoms. The third-order valence-electron chi connectivity index (χ3n) is 2.74. The lowest BCUT2D eigenvalue weighted by atomic mass is 10.3. The van der Waals surface area contributed by atoms with Crippen LogP contribution in [0.5, 0.6) is 11.5 Å². The Labute approximate surface area is 116 Å². The summed E-state index contributed by atoms with van der Waals surface area (Å²) >= 11 is 0. The second kappa shape index (κ2) is 6.55. The molecule has 1 N–H and O–H groups in total. The van der Waals surface area contributed by atoms with Crippen LogP contribution in [0.3, 0.4) is 0 Å². The molecule has 1 amide bonds. The van der Waals surface area contributed by atoms with Crippen LogP contribution in [0.25, 0.3) is 0 Å². The van der Waals surface area contributed by atoms with Gasteiger partial charge in [-0.3, -0.25) is 4.79 Å². The van der Waals surface area contributed by atoms with E-state index in [1.54, 1.807) is 14.2 Å². The Morgan fingerprint density at radius 3 is 2.60 bits per heavy atom. The number of amides is 1. The summed E-state index contributed by atoms with van der Waals surface area (Å²) < 4.78 is 10.6. The van der Waals surface area contributed by atoms with E-state index in [9.17, 15) is 4.79 Å². The number of likely N-dealkylation sites (N-methyl/N-ethyl adjacent to an activating group) is 1. The number of carbonyl (C=O) groups is 1. The van der Waals surface area contributed by atoms with Crippen LogP contribution in [0.4, 0.5) is 0 Å². The average Bonchev–Trinajstić information content (AvgIpc) is 3.01. The maximum Gasteiger partial charge on any atom is 0.275 e. The molecule has 0 aliphatic rings. The first-order chi connectivity index (χ1) is 9.70. The Bertz CT molecular complexity index is 539. The topological polar surface area (TPSA) is 80.3 Å². The maximum atomic E-state index is 11.9. The number of nitrogens with zero attached hydrogens (tertiary/aromatic N) is 3. The highest BCUT2D eigenvalue weighted by atomic mass is 16.5. The SMILES string of the molecule is COc1ccc(OCCN(C)C(=O)c2cn[nH]n2)cc1. The van der Waals surface area contributed by atoms with Gasteiger partial charge in [0.15, 0.2) is 5.69 Å². The molecule has 1 aromatic carbocycles. The normalized spacial score (nSPS) is 10.1. The first-order valence-corrected chi connectivity index (χ1v) is 6.09. The van der Waals surface area contributed by atoms with Crippen LogP contribution in [0.15, 0.2) is 30.5 Å². The number of rotatable bonds is 6. The summed E-state index contributed by atoms with van der Waals surface area (Å²) in [5.74, 6) is 1.31. The number of aromatic amines is 1. The van der Waals surface area contributed by atoms with Crippen LogP contribution in [0.2, 0.25) is 0 Å². The van der Waals surface area contributed by atoms with Crippen molar-refractivity contribution >= 4 is 5.91 Å². The number of carbonyl (C=O) groups excluding carboxylic acids is 1. The first kappa shape index (κ1) is 13.9. The Morgan fingerprint density at radius 1 is 1.30 bits per heavy atom. The molecule has 1 heterocycles. The zero-order valence-electron chi connectivity index (χ0n) is 11.4. The molecule has 7 nitrogen and oxygen atoms in total. The van der Waals surface area contributed by atoms with Gasteiger partial charge in [0.2, 0.25) is 0 Å². The number of aromatic nitrogens is 3. The van der Waals surface area contributed by atoms with Gasteiger partial charge in [0.1, 0.15) is 18.1 Å². The average molecular weight is 276 g/mol. The van der Waals surface area contributed by atoms with E-state index < -0.39 is 0 Å². The molecule has 0 aliphatic carbocycles. The fraction of sp³-hybridized carbons (Fsp3) is 0.308. The minimum Gasteiger partial charge on any atom is -0.497 e. The Kier molecular flexibility index (Phi) is 4.54. The molecule has 1 aromatic heterocycles. The largest absolute Gasteiger partial charge is 0.497 e. The second-order valence-corrected chi connectivity index (χ2v) is 4.11. The highest BCUT2D eigenvalue weighted by Crippen LogP contribution is 2.16. The molecular formula is C13H16N4O3. The quantitative estimate of drug-likeness (QED) is 0.850. The molecule has 0 bridgehead atoms. The summed E-state index contributed by atoms with van der Waals surface area (Å²) in [5.41, 5.74) is 0.289. The predicted octanol–water partition coefficient (Wildman–Crippen LogP) is 0.964. The van der Waals surface area contributed by atoms with Crippen molar-refractivity contribution in [3.05, 3.63) is 36.2 Å². The summed E-state index contributed by atoms with van der Waals surface area (Å²) in [6.07, 6.45) is 1.39. The number of ether oxygens (including phenoxy) is 2. The predicted molar refractivity (Wildman–Crippen MR) is 71.8 cm³/mol. The van der Waals surface area contributed by atoms with Crippen LogP contribution < -0.4 is 9.47 Å². The molecule has 0 atom stereocenters. The summed E-state index contributed by atoms with van der Waals surface area (Å²) in [6, 6.07) is 7.27. The molecule has 2 aromatic rings. The molecule has 0 unspecified atom stereocenters. The van der Waals surface area contributed by atoms with E-state index in [2.05, 4.69) is 15.4 Å². The van der Waals surface area contributed by atoms with Crippen molar-refractivity contribution in [3.8, 4) is 11.5 Å². The zero-order chi connectivity index (χ0) is 14.4. The van der Waals surface area contributed by atoms with Crippen LogP contribution >= 0.6 is 0 Å². The fourth-order valence-corrected chi connectivity index (χ4v) is 1.57. The molecule has 0 fully saturated rings. The number of benzene rings is 1. The van der Waals surface area contributed by atoms with Crippen molar-refractivity contribution in [2.24, 2.45) is 0 Å². The Morgan fingerprint density at radius 2 is 2.00 bits per heavy atom. The van der Waals surface area contributed by atoms with Gasteiger partial charge < -0.3 is 14.4 Å². The van der Waals surface area contributed by atoms with Crippen LogP contribution in [0, 0.1) is 0 Å². The van der Waals surface area contributed by atoms with Crippen molar-refractivity contribution in [3.63, 3.8) is 0 Å². The number of methoxy groups -OCH3 is 1. The number of nitrogens with one attached hydrogen (secondary N) is 1. The van der Waals surface area contributed by atoms with Crippen molar-refractivity contribution in [2.45, 2.75) is 0 Å². The fourth-order valence-electron chi connectivity index (χ4n) is 1.57. The van der Waals surface area contributed by atoms with E-state index in [1.807, 2.05) is 24.3 Å². The molecule has 0 radical (unpaired) electrons. The van der Waals surface area contributed by atoms with Gasteiger partial charge >= 0.3 is 0 Å². The maximum absolute atomic E-state index is 11.9. The third-order valence-corrected chi connectivity index (χ3v) is 2.74. The van der Waals surface area contributed by atoms with E-state index >= 15 is 0 Å². The Hall–Kier alpha value is -2.57. The molecule has 0 aliphatic heterocycles. The number of H-pyrrole nitrogens is 1. The zero-order valence-corrected chi connectivity index (χ0v) is 11.4. The van der Waals surface area contributed by atoms with E-state index in [4.69, 9.17) is 9.47 Å². The lowest BCUT2D eigenvalue weighted by molar-refractivity contribution is 0.0768. The molecule has 106 valence electrons. The van der Waals surface area contributed by atoms with Crippen LogP contribution in [-0.2, 0) is 0 Å². The monoisotopic (exact) mass is 276 g/mol. The van der Waals surface area contributed by atoms with Gasteiger partial charge in [-0.1, -0.05) is 0 Å². The molecular weight excluding hydrogens is 260 g/mol. The molecule has 2 rings (SSSR count). The van der Waals surface area contributed by atoms with Crippen molar-refractivity contribution in [2.75, 3.05) is 27.3 Å². The van der Waals surface area contributed by atoms with E-state index in [0.29, 0.717) is 13.2 Å². The van der Waals surface area contributed by atoms with E-state index in [0.717, 1.165) is 11.5 Å². The summed E-state index contributed by atoms with van der Waals surface area (Å²) in [5, 5.41) is 9.75. The van der Waals surface area contributed by atoms with Gasteiger partial charge in [0.05, 0.1) is 19.9 Å². The van der Waals surface area contributed by atoms with Crippen LogP contribution in [0.1, 0.15) is 10.5 Å². The second-order valence-electron chi connectivity index (χ2n) is 4.11. The van der Waals surface area contributed by atoms with Gasteiger partial charge in [0, 0.05) is 7.05 Å². The van der Waals surface area contributed by atoms with Crippen molar-refractivity contribution in [1.29, 1.82) is 0 Å². The minimum absolute atomic E-state index is 0.197. The van der Waals surface area contributed by atoms with Gasteiger partial charge in [0.25, 0.3) is 5.91 Å². The first-order valence-electron chi connectivity index (χ1n) is 6.09. The minimum atomic E-state index is -0.197. The number of hydrogen-bond acceptors (Lipinski definition) is 5. The summed E-state index contributed by atoms with van der Waals surface area (Å²) in [4.78, 5) is 13.4. The van der Waals surface area contributed by atoms with Crippen molar-refractivity contribution < 1.29 is 14.3 Å². The van der Waals surface area contributed by atoms with Gasteiger partial charge in [-0.25, -0.2) is 0 Å². The van der Waals surface area contributed by atoms with E-state index in [1.165, 1.54) is 11.1 Å². The molecule has 7 heteroatoms.